The van der Waals surface area contributed by atoms with E-state index < -0.39 is 27.0 Å². The van der Waals surface area contributed by atoms with Crippen LogP contribution in [0, 0.1) is 0 Å². The van der Waals surface area contributed by atoms with Gasteiger partial charge in [-0.3, -0.25) is 14.1 Å². The Balaban J connectivity index is 1.60. The number of aromatic nitrogens is 1. The maximum Gasteiger partial charge on any atom is 0.416 e. The highest BCUT2D eigenvalue weighted by molar-refractivity contribution is 8.15. The van der Waals surface area contributed by atoms with Crippen LogP contribution in [0.5, 0.6) is 0 Å². The minimum Gasteiger partial charge on any atom is -0.392 e. The zero-order valence-electron chi connectivity index (χ0n) is 21.1. The molecule has 0 aliphatic carbocycles. The number of alkyl halides is 3. The van der Waals surface area contributed by atoms with Gasteiger partial charge in [0.2, 0.25) is 10.0 Å². The van der Waals surface area contributed by atoms with Gasteiger partial charge < -0.3 is 9.17 Å². The van der Waals surface area contributed by atoms with E-state index in [1.54, 1.807) is 23.9 Å². The number of anilines is 1. The normalized spacial score (nSPS) is 16.6. The van der Waals surface area contributed by atoms with Crippen molar-refractivity contribution >= 4 is 61.4 Å². The van der Waals surface area contributed by atoms with Crippen molar-refractivity contribution in [2.24, 2.45) is 4.99 Å². The predicted octanol–water partition coefficient (Wildman–Crippen LogP) is 6.34. The van der Waals surface area contributed by atoms with Gasteiger partial charge in [-0.1, -0.05) is 48.2 Å². The average Bonchev–Trinajstić information content (AvgIpc) is 3.53. The maximum atomic E-state index is 13.7. The lowest BCUT2D eigenvalue weighted by atomic mass is 10.0. The lowest BCUT2D eigenvalue weighted by molar-refractivity contribution is -0.138. The molecule has 1 aliphatic heterocycles. The number of sulfonamides is 1. The van der Waals surface area contributed by atoms with Crippen LogP contribution in [0.15, 0.2) is 66.2 Å². The number of benzene rings is 2. The van der Waals surface area contributed by atoms with Crippen molar-refractivity contribution in [3.8, 4) is 0 Å². The Bertz CT molecular complexity index is 1520. The van der Waals surface area contributed by atoms with Crippen LogP contribution in [0.4, 0.5) is 18.9 Å². The molecule has 0 bridgehead atoms. The van der Waals surface area contributed by atoms with Crippen molar-refractivity contribution < 1.29 is 30.6 Å². The summed E-state index contributed by atoms with van der Waals surface area (Å²) in [5, 5.41) is 0.0882. The van der Waals surface area contributed by atoms with E-state index in [0.717, 1.165) is 51.4 Å². The largest absolute Gasteiger partial charge is 0.416 e. The number of carbonyl (C=O) groups is 1. The standard InChI is InChI=1S/C26H26F3N3O4S3/c1-4-23(19-9-5-6-10-20(19)26(27,28)29)39(34,35)32(3)22-11-7-8-17-14-21(31-24(17)22)25-30-15-18(38-25)12-13-37-36-16(2)33/h4-11,14,18,23,31H,1,12-13,15H2,2-3H3. The summed E-state index contributed by atoms with van der Waals surface area (Å²) in [4.78, 5) is 18.8. The molecule has 3 aromatic rings. The van der Waals surface area contributed by atoms with Crippen molar-refractivity contribution in [3.63, 3.8) is 0 Å². The van der Waals surface area contributed by atoms with Crippen molar-refractivity contribution in [1.29, 1.82) is 0 Å². The first-order valence-corrected chi connectivity index (χ1v) is 15.1. The van der Waals surface area contributed by atoms with Crippen molar-refractivity contribution in [1.82, 2.24) is 4.98 Å². The highest BCUT2D eigenvalue weighted by Gasteiger charge is 2.39. The number of aliphatic imine (C=N–C) groups is 1. The zero-order chi connectivity index (χ0) is 28.4. The molecular weight excluding hydrogens is 571 g/mol. The fraction of sp³-hybridized carbons (Fsp3) is 0.308. The molecule has 0 saturated heterocycles. The van der Waals surface area contributed by atoms with E-state index in [4.69, 9.17) is 4.18 Å². The Morgan fingerprint density at radius 1 is 1.31 bits per heavy atom. The van der Waals surface area contributed by atoms with E-state index in [2.05, 4.69) is 16.6 Å². The molecule has 1 aliphatic rings. The smallest absolute Gasteiger partial charge is 0.392 e. The van der Waals surface area contributed by atoms with E-state index in [-0.39, 0.29) is 22.5 Å². The molecule has 0 spiro atoms. The molecule has 0 fully saturated rings. The van der Waals surface area contributed by atoms with Crippen LogP contribution < -0.4 is 4.31 Å². The van der Waals surface area contributed by atoms with Crippen molar-refractivity contribution in [2.75, 3.05) is 23.7 Å². The second kappa shape index (κ2) is 11.7. The Labute approximate surface area is 233 Å². The van der Waals surface area contributed by atoms with Gasteiger partial charge >= 0.3 is 12.1 Å². The molecule has 0 radical (unpaired) electrons. The van der Waals surface area contributed by atoms with Crippen LogP contribution in [0.1, 0.15) is 35.4 Å². The van der Waals surface area contributed by atoms with Crippen LogP contribution in [0.25, 0.3) is 10.9 Å². The Morgan fingerprint density at radius 2 is 2.05 bits per heavy atom. The number of fused-ring (bicyclic) bond motifs is 1. The van der Waals surface area contributed by atoms with Crippen LogP contribution in [-0.4, -0.2) is 49.0 Å². The second-order valence-electron chi connectivity index (χ2n) is 8.75. The molecular formula is C26H26F3N3O4S3. The molecule has 2 unspecified atom stereocenters. The van der Waals surface area contributed by atoms with Gasteiger partial charge in [0.05, 0.1) is 41.0 Å². The number of carbonyl (C=O) groups excluding carboxylic acids is 1. The minimum atomic E-state index is -4.73. The lowest BCUT2D eigenvalue weighted by Gasteiger charge is -2.26. The molecule has 208 valence electrons. The van der Waals surface area contributed by atoms with Gasteiger partial charge in [-0.05, 0) is 30.2 Å². The number of para-hydroxylation sites is 1. The first kappa shape index (κ1) is 29.1. The van der Waals surface area contributed by atoms with Gasteiger partial charge in [-0.2, -0.15) is 13.2 Å². The highest BCUT2D eigenvalue weighted by atomic mass is 32.2. The molecule has 1 N–H and O–H groups in total. The minimum absolute atomic E-state index is 0.207. The van der Waals surface area contributed by atoms with Gasteiger partial charge in [-0.25, -0.2) is 8.42 Å². The number of nitrogens with zero attached hydrogens (tertiary/aromatic N) is 2. The maximum absolute atomic E-state index is 13.7. The monoisotopic (exact) mass is 597 g/mol. The molecule has 0 amide bonds. The molecule has 2 atom stereocenters. The van der Waals surface area contributed by atoms with Crippen LogP contribution in [0.2, 0.25) is 0 Å². The van der Waals surface area contributed by atoms with Crippen molar-refractivity contribution in [2.45, 2.75) is 30.0 Å². The number of thioether (sulfide) groups is 1. The third-order valence-electron chi connectivity index (χ3n) is 6.11. The summed E-state index contributed by atoms with van der Waals surface area (Å²) in [6.45, 7) is 5.48. The number of hydrogen-bond acceptors (Lipinski definition) is 7. The SMILES string of the molecule is C=CC(c1ccccc1C(F)(F)F)S(=O)(=O)N(C)c1cccc2cc(C3=NCC(CCSOC(C)=O)S3)[nH]c12. The first-order valence-electron chi connectivity index (χ1n) is 11.8. The fourth-order valence-corrected chi connectivity index (χ4v) is 7.66. The van der Waals surface area contributed by atoms with E-state index in [1.807, 2.05) is 12.1 Å². The van der Waals surface area contributed by atoms with Gasteiger partial charge in [-0.15, -0.1) is 6.58 Å². The number of hydrogen-bond donors (Lipinski definition) is 1. The molecule has 13 heteroatoms. The van der Waals surface area contributed by atoms with E-state index in [9.17, 15) is 26.4 Å². The molecule has 4 rings (SSSR count). The third-order valence-corrected chi connectivity index (χ3v) is 10.2. The van der Waals surface area contributed by atoms with Crippen LogP contribution in [0.3, 0.4) is 0 Å². The predicted molar refractivity (Wildman–Crippen MR) is 152 cm³/mol. The highest BCUT2D eigenvalue weighted by Crippen LogP contribution is 2.40. The number of nitrogens with one attached hydrogen (secondary N) is 1. The second-order valence-corrected chi connectivity index (χ2v) is 12.9. The van der Waals surface area contributed by atoms with Crippen LogP contribution in [-0.2, 0) is 25.2 Å². The van der Waals surface area contributed by atoms with Gasteiger partial charge in [0.15, 0.2) is 0 Å². The molecule has 39 heavy (non-hydrogen) atoms. The molecule has 7 nitrogen and oxygen atoms in total. The summed E-state index contributed by atoms with van der Waals surface area (Å²) in [5.74, 6) is 0.294. The number of H-pyrrole nitrogens is 1. The average molecular weight is 598 g/mol. The molecule has 2 heterocycles. The van der Waals surface area contributed by atoms with E-state index in [0.29, 0.717) is 23.5 Å². The topological polar surface area (TPSA) is 91.8 Å². The number of halogens is 3. The van der Waals surface area contributed by atoms with Gasteiger partial charge in [0.25, 0.3) is 0 Å². The summed E-state index contributed by atoms with van der Waals surface area (Å²) >= 11 is 2.69. The molecule has 0 saturated carbocycles. The lowest BCUT2D eigenvalue weighted by Crippen LogP contribution is -2.32. The van der Waals surface area contributed by atoms with Crippen molar-refractivity contribution in [3.05, 3.63) is 78.0 Å². The summed E-state index contributed by atoms with van der Waals surface area (Å²) in [6.07, 6.45) is -2.93. The Hall–Kier alpha value is -2.90. The van der Waals surface area contributed by atoms with Gasteiger partial charge in [0.1, 0.15) is 10.3 Å². The zero-order valence-corrected chi connectivity index (χ0v) is 23.5. The van der Waals surface area contributed by atoms with E-state index in [1.165, 1.54) is 26.1 Å². The number of aromatic amines is 1. The summed E-state index contributed by atoms with van der Waals surface area (Å²) in [7, 11) is -3.03. The first-order chi connectivity index (χ1) is 18.4. The quantitative estimate of drug-likeness (QED) is 0.167. The summed E-state index contributed by atoms with van der Waals surface area (Å²) in [6, 6.07) is 11.6. The number of rotatable bonds is 10. The third kappa shape index (κ3) is 6.30. The Kier molecular flexibility index (Phi) is 8.72. The van der Waals surface area contributed by atoms with Gasteiger partial charge in [0, 0.05) is 30.4 Å². The summed E-state index contributed by atoms with van der Waals surface area (Å²) in [5.41, 5.74) is 0.104. The molecule has 2 aromatic carbocycles. The molecule has 1 aromatic heterocycles. The van der Waals surface area contributed by atoms with Crippen LogP contribution >= 0.6 is 23.8 Å². The van der Waals surface area contributed by atoms with E-state index >= 15 is 0 Å². The summed E-state index contributed by atoms with van der Waals surface area (Å²) < 4.78 is 74.3. The Morgan fingerprint density at radius 3 is 2.74 bits per heavy atom. The fourth-order valence-electron chi connectivity index (χ4n) is 4.26.